The largest absolute Gasteiger partial charge is 0.494 e. The van der Waals surface area contributed by atoms with Crippen LogP contribution in [0.15, 0.2) is 29.1 Å². The molecule has 6 heteroatoms. The van der Waals surface area contributed by atoms with Crippen molar-refractivity contribution in [1.82, 2.24) is 14.9 Å². The first-order valence-corrected chi connectivity index (χ1v) is 8.34. The summed E-state index contributed by atoms with van der Waals surface area (Å²) in [6.45, 7) is 4.75. The monoisotopic (exact) mass is 331 g/mol. The van der Waals surface area contributed by atoms with Crippen molar-refractivity contribution in [2.75, 3.05) is 6.54 Å². The molecule has 0 saturated carbocycles. The Labute approximate surface area is 140 Å². The molecule has 3 rings (SSSR count). The summed E-state index contributed by atoms with van der Waals surface area (Å²) >= 11 is 5.24. The molecule has 3 N–H and O–H groups in total. The van der Waals surface area contributed by atoms with Crippen LogP contribution in [0.5, 0.6) is 5.88 Å². The van der Waals surface area contributed by atoms with Crippen molar-refractivity contribution >= 4 is 12.2 Å². The lowest BCUT2D eigenvalue weighted by molar-refractivity contribution is 0.358. The second kappa shape index (κ2) is 6.29. The van der Waals surface area contributed by atoms with E-state index < -0.39 is 0 Å². The van der Waals surface area contributed by atoms with Gasteiger partial charge in [0.1, 0.15) is 0 Å². The van der Waals surface area contributed by atoms with Gasteiger partial charge in [-0.25, -0.2) is 0 Å². The van der Waals surface area contributed by atoms with Crippen molar-refractivity contribution < 1.29 is 5.11 Å². The Morgan fingerprint density at radius 3 is 2.91 bits per heavy atom. The average Bonchev–Trinajstić information content (AvgIpc) is 2.54. The molecule has 0 fully saturated rings. The van der Waals surface area contributed by atoms with Gasteiger partial charge in [-0.1, -0.05) is 31.2 Å². The maximum atomic E-state index is 12.5. The van der Waals surface area contributed by atoms with Crippen molar-refractivity contribution in [3.63, 3.8) is 0 Å². The molecule has 0 saturated heterocycles. The molecule has 122 valence electrons. The predicted octanol–water partition coefficient (Wildman–Crippen LogP) is 2.82. The van der Waals surface area contributed by atoms with E-state index in [9.17, 15) is 9.90 Å². The van der Waals surface area contributed by atoms with E-state index in [2.05, 4.69) is 16.4 Å². The van der Waals surface area contributed by atoms with Crippen molar-refractivity contribution in [3.05, 3.63) is 56.1 Å². The topological polar surface area (TPSA) is 70.0 Å². The first kappa shape index (κ1) is 16.0. The average molecular weight is 331 g/mol. The number of fused-ring (bicyclic) bond motifs is 1. The van der Waals surface area contributed by atoms with Crippen molar-refractivity contribution in [2.24, 2.45) is 0 Å². The molecule has 23 heavy (non-hydrogen) atoms. The highest BCUT2D eigenvalue weighted by atomic mass is 32.1. The van der Waals surface area contributed by atoms with E-state index >= 15 is 0 Å². The summed E-state index contributed by atoms with van der Waals surface area (Å²) < 4.78 is 1.89. The fraction of sp³-hybridized carbons (Fsp3) is 0.412. The molecule has 0 bridgehead atoms. The number of nitrogens with zero attached hydrogens (tertiary/aromatic N) is 1. The van der Waals surface area contributed by atoms with Gasteiger partial charge in [-0.05, 0) is 43.1 Å². The van der Waals surface area contributed by atoms with Crippen LogP contribution in [-0.2, 0) is 6.42 Å². The first-order chi connectivity index (χ1) is 11.0. The Morgan fingerprint density at radius 2 is 2.17 bits per heavy atom. The molecule has 1 aliphatic heterocycles. The summed E-state index contributed by atoms with van der Waals surface area (Å²) in [5, 5.41) is 14.1. The summed E-state index contributed by atoms with van der Waals surface area (Å²) in [5.41, 5.74) is 2.24. The summed E-state index contributed by atoms with van der Waals surface area (Å²) in [4.78, 5) is 15.2. The van der Waals surface area contributed by atoms with E-state index in [4.69, 9.17) is 12.2 Å². The lowest BCUT2D eigenvalue weighted by Crippen LogP contribution is -2.35. The maximum absolute atomic E-state index is 12.5. The standard InChI is InChI=1S/C17H21N3O2S/c1-3-10(2)20-16(22)13(15(21)19-17(20)23)14-12-7-5-4-6-11(12)8-9-18-14/h4-7,10,14,18,22H,3,8-9H2,1-2H3,(H,19,21,23)/t10-,14+/m1/s1. The summed E-state index contributed by atoms with van der Waals surface area (Å²) in [6, 6.07) is 7.70. The lowest BCUT2D eigenvalue weighted by Gasteiger charge is -2.28. The third-order valence-corrected chi connectivity index (χ3v) is 4.88. The Kier molecular flexibility index (Phi) is 4.37. The van der Waals surface area contributed by atoms with Gasteiger partial charge in [-0.15, -0.1) is 0 Å². The van der Waals surface area contributed by atoms with Crippen molar-refractivity contribution in [3.8, 4) is 5.88 Å². The summed E-state index contributed by atoms with van der Waals surface area (Å²) in [6.07, 6.45) is 1.72. The fourth-order valence-electron chi connectivity index (χ4n) is 3.17. The van der Waals surface area contributed by atoms with E-state index in [-0.39, 0.29) is 28.3 Å². The molecular weight excluding hydrogens is 310 g/mol. The van der Waals surface area contributed by atoms with E-state index in [1.165, 1.54) is 5.56 Å². The van der Waals surface area contributed by atoms with Gasteiger partial charge in [0, 0.05) is 12.6 Å². The number of benzene rings is 1. The van der Waals surface area contributed by atoms with Crippen LogP contribution in [0.4, 0.5) is 0 Å². The number of rotatable bonds is 3. The molecule has 0 spiro atoms. The van der Waals surface area contributed by atoms with Gasteiger partial charge in [0.25, 0.3) is 5.56 Å². The predicted molar refractivity (Wildman–Crippen MR) is 92.5 cm³/mol. The highest BCUT2D eigenvalue weighted by Gasteiger charge is 2.28. The first-order valence-electron chi connectivity index (χ1n) is 7.93. The minimum Gasteiger partial charge on any atom is -0.494 e. The van der Waals surface area contributed by atoms with Crippen LogP contribution in [0.3, 0.4) is 0 Å². The maximum Gasteiger partial charge on any atom is 0.260 e. The number of hydrogen-bond donors (Lipinski definition) is 3. The normalized spacial score (nSPS) is 18.4. The number of aromatic amines is 1. The minimum absolute atomic E-state index is 0.0111. The number of hydrogen-bond acceptors (Lipinski definition) is 4. The van der Waals surface area contributed by atoms with Crippen LogP contribution in [-0.4, -0.2) is 21.2 Å². The molecule has 2 aromatic rings. The Hall–Kier alpha value is -1.92. The SMILES string of the molecule is CC[C@@H](C)n1c(O)c([C@H]2NCCc3ccccc32)c(=O)[nH]c1=S. The van der Waals surface area contributed by atoms with Crippen LogP contribution in [0.2, 0.25) is 0 Å². The van der Waals surface area contributed by atoms with Gasteiger partial charge in [-0.3, -0.25) is 14.3 Å². The second-order valence-electron chi connectivity index (χ2n) is 5.96. The molecule has 2 atom stereocenters. The van der Waals surface area contributed by atoms with Gasteiger partial charge in [0.2, 0.25) is 5.88 Å². The fourth-order valence-corrected chi connectivity index (χ4v) is 3.53. The van der Waals surface area contributed by atoms with Crippen LogP contribution in [0.25, 0.3) is 0 Å². The molecule has 1 aromatic carbocycles. The quantitative estimate of drug-likeness (QED) is 0.757. The molecule has 0 radical (unpaired) electrons. The number of aromatic nitrogens is 2. The van der Waals surface area contributed by atoms with Crippen LogP contribution in [0.1, 0.15) is 49.0 Å². The van der Waals surface area contributed by atoms with Crippen molar-refractivity contribution in [1.29, 1.82) is 0 Å². The molecule has 0 unspecified atom stereocenters. The van der Waals surface area contributed by atoms with Crippen LogP contribution >= 0.6 is 12.2 Å². The second-order valence-corrected chi connectivity index (χ2v) is 6.35. The zero-order valence-electron chi connectivity index (χ0n) is 13.3. The Balaban J connectivity index is 2.22. The van der Waals surface area contributed by atoms with Crippen LogP contribution < -0.4 is 10.9 Å². The van der Waals surface area contributed by atoms with Gasteiger partial charge < -0.3 is 10.4 Å². The summed E-state index contributed by atoms with van der Waals surface area (Å²) in [7, 11) is 0. The Morgan fingerprint density at radius 1 is 1.43 bits per heavy atom. The van der Waals surface area contributed by atoms with Gasteiger partial charge in [-0.2, -0.15) is 0 Å². The van der Waals surface area contributed by atoms with E-state index in [0.29, 0.717) is 5.56 Å². The van der Waals surface area contributed by atoms with Crippen LogP contribution in [0, 0.1) is 4.77 Å². The van der Waals surface area contributed by atoms with Gasteiger partial charge in [0.05, 0.1) is 11.6 Å². The zero-order valence-corrected chi connectivity index (χ0v) is 14.1. The van der Waals surface area contributed by atoms with Crippen molar-refractivity contribution in [2.45, 2.75) is 38.8 Å². The molecule has 0 aliphatic carbocycles. The zero-order chi connectivity index (χ0) is 16.6. The summed E-state index contributed by atoms with van der Waals surface area (Å²) in [5.74, 6) is -0.0395. The number of nitrogens with one attached hydrogen (secondary N) is 2. The number of aromatic hydroxyl groups is 1. The molecular formula is C17H21N3O2S. The van der Waals surface area contributed by atoms with Gasteiger partial charge >= 0.3 is 0 Å². The smallest absolute Gasteiger partial charge is 0.260 e. The highest BCUT2D eigenvalue weighted by molar-refractivity contribution is 7.71. The Bertz CT molecular complexity index is 840. The number of H-pyrrole nitrogens is 1. The van der Waals surface area contributed by atoms with E-state index in [1.54, 1.807) is 4.57 Å². The molecule has 1 aromatic heterocycles. The molecule has 5 nitrogen and oxygen atoms in total. The highest BCUT2D eigenvalue weighted by Crippen LogP contribution is 2.32. The van der Waals surface area contributed by atoms with Gasteiger partial charge in [0.15, 0.2) is 4.77 Å². The van der Waals surface area contributed by atoms with E-state index in [0.717, 1.165) is 24.9 Å². The van der Waals surface area contributed by atoms with E-state index in [1.807, 2.05) is 32.0 Å². The third kappa shape index (κ3) is 2.72. The minimum atomic E-state index is -0.332. The lowest BCUT2D eigenvalue weighted by atomic mass is 9.90. The molecule has 1 aliphatic rings. The third-order valence-electron chi connectivity index (χ3n) is 4.58. The molecule has 0 amide bonds. The molecule has 2 heterocycles.